The summed E-state index contributed by atoms with van der Waals surface area (Å²) in [5.41, 5.74) is 1.27. The van der Waals surface area contributed by atoms with E-state index in [1.807, 2.05) is 12.1 Å². The SMILES string of the molecule is O=C(O)c1cnn([C@@H]2CCCN(C(=O)c3ccn(-c4cccc(Cl)c4)n3)C2)c1. The molecule has 1 N–H and O–H groups in total. The summed E-state index contributed by atoms with van der Waals surface area (Å²) in [5, 5.41) is 18.2. The van der Waals surface area contributed by atoms with Crippen molar-refractivity contribution in [2.75, 3.05) is 13.1 Å². The van der Waals surface area contributed by atoms with Crippen molar-refractivity contribution in [2.45, 2.75) is 18.9 Å². The maximum atomic E-state index is 12.9. The first kappa shape index (κ1) is 18.2. The fourth-order valence-corrected chi connectivity index (χ4v) is 3.55. The molecule has 1 amide bonds. The number of amides is 1. The van der Waals surface area contributed by atoms with E-state index in [1.54, 1.807) is 38.7 Å². The average Bonchev–Trinajstić information content (AvgIpc) is 3.38. The number of aromatic nitrogens is 4. The lowest BCUT2D eigenvalue weighted by Gasteiger charge is -2.32. The summed E-state index contributed by atoms with van der Waals surface area (Å²) < 4.78 is 3.25. The number of hydrogen-bond acceptors (Lipinski definition) is 4. The van der Waals surface area contributed by atoms with Gasteiger partial charge in [0, 0.05) is 30.5 Å². The maximum Gasteiger partial charge on any atom is 0.338 e. The van der Waals surface area contributed by atoms with Gasteiger partial charge in [-0.05, 0) is 37.1 Å². The highest BCUT2D eigenvalue weighted by molar-refractivity contribution is 6.30. The van der Waals surface area contributed by atoms with Crippen LogP contribution in [-0.4, -0.2) is 54.5 Å². The summed E-state index contributed by atoms with van der Waals surface area (Å²) in [5.74, 6) is -1.17. The number of carbonyl (C=O) groups excluding carboxylic acids is 1. The number of likely N-dealkylation sites (tertiary alicyclic amines) is 1. The van der Waals surface area contributed by atoms with Crippen molar-refractivity contribution in [1.29, 1.82) is 0 Å². The molecule has 3 heterocycles. The van der Waals surface area contributed by atoms with E-state index in [0.29, 0.717) is 23.8 Å². The molecule has 3 aromatic rings. The van der Waals surface area contributed by atoms with Gasteiger partial charge in [-0.15, -0.1) is 0 Å². The molecule has 0 aliphatic carbocycles. The molecule has 144 valence electrons. The number of aromatic carboxylic acids is 1. The first-order chi connectivity index (χ1) is 13.5. The van der Waals surface area contributed by atoms with Gasteiger partial charge in [0.2, 0.25) is 0 Å². The van der Waals surface area contributed by atoms with Crippen molar-refractivity contribution >= 4 is 23.5 Å². The summed E-state index contributed by atoms with van der Waals surface area (Å²) >= 11 is 6.02. The van der Waals surface area contributed by atoms with Gasteiger partial charge in [-0.1, -0.05) is 17.7 Å². The Morgan fingerprint density at radius 2 is 2.11 bits per heavy atom. The van der Waals surface area contributed by atoms with Crippen LogP contribution < -0.4 is 0 Å². The van der Waals surface area contributed by atoms with Crippen LogP contribution >= 0.6 is 11.6 Å². The van der Waals surface area contributed by atoms with Crippen LogP contribution in [0, 0.1) is 0 Å². The second-order valence-corrected chi connectivity index (χ2v) is 7.12. The van der Waals surface area contributed by atoms with Gasteiger partial charge in [0.25, 0.3) is 5.91 Å². The van der Waals surface area contributed by atoms with Crippen molar-refractivity contribution in [1.82, 2.24) is 24.5 Å². The van der Waals surface area contributed by atoms with Crippen LogP contribution in [0.3, 0.4) is 0 Å². The molecule has 28 heavy (non-hydrogen) atoms. The maximum absolute atomic E-state index is 12.9. The van der Waals surface area contributed by atoms with Gasteiger partial charge in [-0.2, -0.15) is 10.2 Å². The molecule has 1 fully saturated rings. The van der Waals surface area contributed by atoms with Gasteiger partial charge in [0.15, 0.2) is 5.69 Å². The van der Waals surface area contributed by atoms with Crippen LogP contribution in [0.2, 0.25) is 5.02 Å². The molecule has 8 nitrogen and oxygen atoms in total. The molecule has 0 saturated carbocycles. The van der Waals surface area contributed by atoms with Gasteiger partial charge < -0.3 is 10.0 Å². The van der Waals surface area contributed by atoms with Gasteiger partial charge in [-0.25, -0.2) is 9.48 Å². The highest BCUT2D eigenvalue weighted by atomic mass is 35.5. The summed E-state index contributed by atoms with van der Waals surface area (Å²) in [6.45, 7) is 1.09. The zero-order chi connectivity index (χ0) is 19.7. The van der Waals surface area contributed by atoms with Gasteiger partial charge in [-0.3, -0.25) is 9.48 Å². The molecular weight excluding hydrogens is 382 g/mol. The van der Waals surface area contributed by atoms with E-state index in [1.165, 1.54) is 12.4 Å². The number of carboxylic acids is 1. The lowest BCUT2D eigenvalue weighted by molar-refractivity contribution is 0.0660. The smallest absolute Gasteiger partial charge is 0.338 e. The standard InChI is InChI=1S/C19H18ClN5O3/c20-14-3-1-4-15(9-14)24-8-6-17(22-24)18(26)23-7-2-5-16(12-23)25-11-13(10-21-25)19(27)28/h1,3-4,6,8-11,16H,2,5,7,12H2,(H,27,28)/t16-/m1/s1. The predicted molar refractivity (Wildman–Crippen MR) is 102 cm³/mol. The quantitative estimate of drug-likeness (QED) is 0.728. The summed E-state index contributed by atoms with van der Waals surface area (Å²) in [6.07, 6.45) is 6.21. The number of hydrogen-bond donors (Lipinski definition) is 1. The Hall–Kier alpha value is -3.13. The van der Waals surface area contributed by atoms with Crippen molar-refractivity contribution in [2.24, 2.45) is 0 Å². The highest BCUT2D eigenvalue weighted by Crippen LogP contribution is 2.23. The molecule has 1 atom stereocenters. The highest BCUT2D eigenvalue weighted by Gasteiger charge is 2.27. The third-order valence-electron chi connectivity index (χ3n) is 4.79. The van der Waals surface area contributed by atoms with E-state index in [9.17, 15) is 9.59 Å². The molecule has 1 aliphatic rings. The second kappa shape index (κ2) is 7.47. The Bertz CT molecular complexity index is 1030. The Balaban J connectivity index is 1.49. The second-order valence-electron chi connectivity index (χ2n) is 6.69. The molecule has 1 saturated heterocycles. The topological polar surface area (TPSA) is 93.3 Å². The van der Waals surface area contributed by atoms with Crippen LogP contribution in [0.25, 0.3) is 5.69 Å². The summed E-state index contributed by atoms with van der Waals surface area (Å²) in [7, 11) is 0. The number of halogens is 1. The molecule has 4 rings (SSSR count). The number of nitrogens with zero attached hydrogens (tertiary/aromatic N) is 5. The third-order valence-corrected chi connectivity index (χ3v) is 5.02. The Kier molecular flexibility index (Phi) is 4.87. The van der Waals surface area contributed by atoms with Crippen LogP contribution in [0.15, 0.2) is 48.9 Å². The Morgan fingerprint density at radius 1 is 1.25 bits per heavy atom. The van der Waals surface area contributed by atoms with E-state index < -0.39 is 5.97 Å². The van der Waals surface area contributed by atoms with E-state index in [2.05, 4.69) is 10.2 Å². The molecular formula is C19H18ClN5O3. The molecule has 2 aromatic heterocycles. The summed E-state index contributed by atoms with van der Waals surface area (Å²) in [6, 6.07) is 8.87. The molecule has 0 radical (unpaired) electrons. The fraction of sp³-hybridized carbons (Fsp3) is 0.263. The van der Waals surface area contributed by atoms with Crippen molar-refractivity contribution in [3.05, 3.63) is 65.2 Å². The minimum absolute atomic E-state index is 0.0548. The minimum Gasteiger partial charge on any atom is -0.478 e. The zero-order valence-electron chi connectivity index (χ0n) is 14.9. The van der Waals surface area contributed by atoms with Crippen LogP contribution in [0.4, 0.5) is 0 Å². The predicted octanol–water partition coefficient (Wildman–Crippen LogP) is 2.90. The molecule has 1 aliphatic heterocycles. The molecule has 0 unspecified atom stereocenters. The summed E-state index contributed by atoms with van der Waals surface area (Å²) in [4.78, 5) is 25.7. The monoisotopic (exact) mass is 399 g/mol. The van der Waals surface area contributed by atoms with Crippen molar-refractivity contribution in [3.63, 3.8) is 0 Å². The fourth-order valence-electron chi connectivity index (χ4n) is 3.37. The van der Waals surface area contributed by atoms with E-state index in [-0.39, 0.29) is 17.5 Å². The Labute approximate surface area is 165 Å². The van der Waals surface area contributed by atoms with Gasteiger partial charge in [0.05, 0.1) is 23.5 Å². The van der Waals surface area contributed by atoms with Crippen LogP contribution in [0.5, 0.6) is 0 Å². The third kappa shape index (κ3) is 3.63. The first-order valence-electron chi connectivity index (χ1n) is 8.89. The van der Waals surface area contributed by atoms with Gasteiger partial charge >= 0.3 is 5.97 Å². The first-order valence-corrected chi connectivity index (χ1v) is 9.27. The van der Waals surface area contributed by atoms with E-state index >= 15 is 0 Å². The minimum atomic E-state index is -1.01. The van der Waals surface area contributed by atoms with E-state index in [0.717, 1.165) is 18.5 Å². The molecule has 0 bridgehead atoms. The number of piperidine rings is 1. The number of benzene rings is 1. The molecule has 0 spiro atoms. The van der Waals surface area contributed by atoms with E-state index in [4.69, 9.17) is 16.7 Å². The molecule has 1 aromatic carbocycles. The zero-order valence-corrected chi connectivity index (χ0v) is 15.7. The number of rotatable bonds is 4. The molecule has 9 heteroatoms. The average molecular weight is 400 g/mol. The van der Waals surface area contributed by atoms with Crippen molar-refractivity contribution < 1.29 is 14.7 Å². The van der Waals surface area contributed by atoms with Crippen LogP contribution in [-0.2, 0) is 0 Å². The van der Waals surface area contributed by atoms with Crippen molar-refractivity contribution in [3.8, 4) is 5.69 Å². The number of carbonyl (C=O) groups is 2. The largest absolute Gasteiger partial charge is 0.478 e. The van der Waals surface area contributed by atoms with Crippen LogP contribution in [0.1, 0.15) is 39.7 Å². The Morgan fingerprint density at radius 3 is 2.86 bits per heavy atom. The lowest BCUT2D eigenvalue weighted by atomic mass is 10.1. The number of carboxylic acid groups (broad SMARTS) is 1. The van der Waals surface area contributed by atoms with Gasteiger partial charge in [0.1, 0.15) is 0 Å². The lowest BCUT2D eigenvalue weighted by Crippen LogP contribution is -2.41. The normalized spacial score (nSPS) is 16.9.